The van der Waals surface area contributed by atoms with Crippen molar-refractivity contribution >= 4 is 22.7 Å². The van der Waals surface area contributed by atoms with Gasteiger partial charge in [-0.3, -0.25) is 10.00 Å². The van der Waals surface area contributed by atoms with Crippen LogP contribution in [0.5, 0.6) is 11.6 Å². The number of aliphatic hydroxyl groups excluding tert-OH is 1. The Balaban J connectivity index is 1.32. The van der Waals surface area contributed by atoms with Crippen molar-refractivity contribution < 1.29 is 19.3 Å². The van der Waals surface area contributed by atoms with E-state index in [9.17, 15) is 5.11 Å². The maximum Gasteiger partial charge on any atom is 0.232 e. The van der Waals surface area contributed by atoms with E-state index in [1.807, 2.05) is 37.8 Å². The number of aromatic nitrogens is 5. The lowest BCUT2D eigenvalue weighted by molar-refractivity contribution is -0.0321. The van der Waals surface area contributed by atoms with Gasteiger partial charge in [-0.1, -0.05) is 6.07 Å². The van der Waals surface area contributed by atoms with Crippen LogP contribution < -0.4 is 20.1 Å². The Labute approximate surface area is 207 Å². The van der Waals surface area contributed by atoms with Gasteiger partial charge in [-0.25, -0.2) is 0 Å². The summed E-state index contributed by atoms with van der Waals surface area (Å²) in [5, 5.41) is 22.1. The Morgan fingerprint density at radius 3 is 2.78 bits per heavy atom. The zero-order valence-electron chi connectivity index (χ0n) is 20.2. The fourth-order valence-corrected chi connectivity index (χ4v) is 4.33. The van der Waals surface area contributed by atoms with Crippen molar-refractivity contribution in [3.05, 3.63) is 42.4 Å². The van der Waals surface area contributed by atoms with Gasteiger partial charge in [0.15, 0.2) is 0 Å². The van der Waals surface area contributed by atoms with Crippen molar-refractivity contribution in [2.24, 2.45) is 7.05 Å². The molecule has 1 saturated carbocycles. The quantitative estimate of drug-likeness (QED) is 0.261. The number of nitrogens with one attached hydrogen (secondary N) is 3. The van der Waals surface area contributed by atoms with Crippen LogP contribution >= 0.6 is 0 Å². The van der Waals surface area contributed by atoms with Crippen LogP contribution in [0.15, 0.2) is 36.8 Å². The summed E-state index contributed by atoms with van der Waals surface area (Å²) < 4.78 is 18.8. The van der Waals surface area contributed by atoms with Crippen LogP contribution in [-0.2, 0) is 11.8 Å². The lowest BCUT2D eigenvalue weighted by Crippen LogP contribution is -2.47. The number of H-pyrrole nitrogens is 1. The van der Waals surface area contributed by atoms with Crippen molar-refractivity contribution in [3.63, 3.8) is 0 Å². The summed E-state index contributed by atoms with van der Waals surface area (Å²) in [5.41, 5.74) is 3.94. The molecule has 4 N–H and O–H groups in total. The number of hydrogen-bond acceptors (Lipinski definition) is 9. The molecule has 188 valence electrons. The molecule has 2 aliphatic rings. The summed E-state index contributed by atoms with van der Waals surface area (Å²) in [7, 11) is 3.47. The average Bonchev–Trinajstić information content (AvgIpc) is 3.44. The van der Waals surface area contributed by atoms with Gasteiger partial charge in [0.1, 0.15) is 23.7 Å². The number of anilines is 2. The molecule has 4 aromatic rings. The summed E-state index contributed by atoms with van der Waals surface area (Å²) in [6, 6.07) is 5.61. The molecule has 2 fully saturated rings. The number of methoxy groups -OCH3 is 1. The summed E-state index contributed by atoms with van der Waals surface area (Å²) in [4.78, 5) is 12.7. The molecule has 1 aliphatic heterocycles. The number of ether oxygens (including phenoxy) is 3. The molecule has 1 atom stereocenters. The molecule has 36 heavy (non-hydrogen) atoms. The van der Waals surface area contributed by atoms with Crippen LogP contribution in [-0.4, -0.2) is 62.3 Å². The molecule has 11 heteroatoms. The summed E-state index contributed by atoms with van der Waals surface area (Å²) in [5.74, 6) is 1.48. The van der Waals surface area contributed by atoms with Gasteiger partial charge in [-0.15, -0.1) is 0 Å². The minimum absolute atomic E-state index is 0.148. The number of rotatable bonds is 9. The van der Waals surface area contributed by atoms with E-state index in [-0.39, 0.29) is 12.1 Å². The highest BCUT2D eigenvalue weighted by Crippen LogP contribution is 2.37. The molecule has 4 heterocycles. The molecule has 1 aliphatic carbocycles. The molecule has 0 radical (unpaired) electrons. The predicted octanol–water partition coefficient (Wildman–Crippen LogP) is 3.02. The Morgan fingerprint density at radius 2 is 2.11 bits per heavy atom. The topological polar surface area (TPSA) is 131 Å². The molecular weight excluding hydrogens is 462 g/mol. The molecule has 6 rings (SSSR count). The smallest absolute Gasteiger partial charge is 0.232 e. The van der Waals surface area contributed by atoms with Gasteiger partial charge < -0.3 is 29.6 Å². The number of benzene rings is 1. The van der Waals surface area contributed by atoms with Crippen molar-refractivity contribution in [3.8, 4) is 22.8 Å². The van der Waals surface area contributed by atoms with Crippen molar-refractivity contribution in [1.82, 2.24) is 30.0 Å². The second-order valence-electron chi connectivity index (χ2n) is 9.24. The van der Waals surface area contributed by atoms with E-state index in [0.717, 1.165) is 35.8 Å². The summed E-state index contributed by atoms with van der Waals surface area (Å²) >= 11 is 0. The Hall–Kier alpha value is -3.67. The third-order valence-electron chi connectivity index (χ3n) is 6.66. The Bertz CT molecular complexity index is 1380. The molecule has 3 aromatic heterocycles. The molecule has 11 nitrogen and oxygen atoms in total. The van der Waals surface area contributed by atoms with E-state index in [2.05, 4.69) is 20.7 Å². The van der Waals surface area contributed by atoms with Gasteiger partial charge in [0.2, 0.25) is 11.8 Å². The Kier molecular flexibility index (Phi) is 5.96. The second kappa shape index (κ2) is 9.41. The summed E-state index contributed by atoms with van der Waals surface area (Å²) in [6.07, 6.45) is 8.19. The van der Waals surface area contributed by atoms with E-state index in [0.29, 0.717) is 47.7 Å². The van der Waals surface area contributed by atoms with Crippen molar-refractivity contribution in [1.29, 1.82) is 0 Å². The van der Waals surface area contributed by atoms with Gasteiger partial charge in [-0.05, 0) is 37.0 Å². The largest absolute Gasteiger partial charge is 0.495 e. The number of aliphatic hydroxyl groups is 1. The average molecular weight is 492 g/mol. The zero-order chi connectivity index (χ0) is 24.6. The summed E-state index contributed by atoms with van der Waals surface area (Å²) in [6.45, 7) is 1.19. The highest BCUT2D eigenvalue weighted by Gasteiger charge is 2.25. The van der Waals surface area contributed by atoms with E-state index < -0.39 is 6.23 Å². The second-order valence-corrected chi connectivity index (χ2v) is 9.24. The lowest BCUT2D eigenvalue weighted by Gasteiger charge is -2.29. The zero-order valence-corrected chi connectivity index (χ0v) is 20.2. The third kappa shape index (κ3) is 4.36. The Morgan fingerprint density at radius 1 is 1.25 bits per heavy atom. The van der Waals surface area contributed by atoms with E-state index in [4.69, 9.17) is 24.2 Å². The normalized spacial score (nSPS) is 17.0. The monoisotopic (exact) mass is 491 g/mol. The third-order valence-corrected chi connectivity index (χ3v) is 6.66. The van der Waals surface area contributed by atoms with Crippen molar-refractivity contribution in [2.75, 3.05) is 25.6 Å². The first kappa shape index (κ1) is 22.8. The van der Waals surface area contributed by atoms with Crippen LogP contribution in [0.2, 0.25) is 0 Å². The molecule has 1 saturated heterocycles. The molecule has 1 unspecified atom stereocenters. The standard InChI is InChI=1S/C25H29N7O4/c1-32-11-15(9-27-32)18-10-26-22-21(18)24(36-17-4-3-5-17)31-25(30-22)29-19-7-6-14(8-20(19)34-2)23(33)28-16-12-35-13-16/h6-11,16-17,23,28,33H,3-5,12-13H2,1-2H3,(H2,26,29,30,31). The van der Waals surface area contributed by atoms with Crippen LogP contribution in [0, 0.1) is 0 Å². The van der Waals surface area contributed by atoms with Crippen LogP contribution in [0.1, 0.15) is 31.1 Å². The maximum atomic E-state index is 10.5. The van der Waals surface area contributed by atoms with Crippen LogP contribution in [0.25, 0.3) is 22.2 Å². The molecule has 0 bridgehead atoms. The number of aryl methyl sites for hydroxylation is 1. The molecular formula is C25H29N7O4. The lowest BCUT2D eigenvalue weighted by atomic mass is 9.96. The molecule has 0 amide bonds. The van der Waals surface area contributed by atoms with Gasteiger partial charge in [0, 0.05) is 30.6 Å². The first-order chi connectivity index (χ1) is 17.6. The number of aromatic amines is 1. The van der Waals surface area contributed by atoms with Gasteiger partial charge in [0.05, 0.1) is 43.6 Å². The first-order valence-electron chi connectivity index (χ1n) is 12.1. The van der Waals surface area contributed by atoms with Crippen LogP contribution in [0.4, 0.5) is 11.6 Å². The number of hydrogen-bond donors (Lipinski definition) is 4. The minimum atomic E-state index is -0.818. The van der Waals surface area contributed by atoms with Gasteiger partial charge in [0.25, 0.3) is 0 Å². The first-order valence-corrected chi connectivity index (χ1v) is 12.1. The fraction of sp³-hybridized carbons (Fsp3) is 0.400. The number of fused-ring (bicyclic) bond motifs is 1. The van der Waals surface area contributed by atoms with E-state index in [1.54, 1.807) is 17.9 Å². The molecule has 0 spiro atoms. The highest BCUT2D eigenvalue weighted by molar-refractivity contribution is 5.97. The van der Waals surface area contributed by atoms with Gasteiger partial charge in [-0.2, -0.15) is 15.1 Å². The van der Waals surface area contributed by atoms with Crippen molar-refractivity contribution in [2.45, 2.75) is 37.6 Å². The van der Waals surface area contributed by atoms with E-state index in [1.165, 1.54) is 0 Å². The predicted molar refractivity (Wildman–Crippen MR) is 133 cm³/mol. The van der Waals surface area contributed by atoms with E-state index >= 15 is 0 Å². The highest BCUT2D eigenvalue weighted by atomic mass is 16.5. The van der Waals surface area contributed by atoms with Crippen LogP contribution in [0.3, 0.4) is 0 Å². The van der Waals surface area contributed by atoms with Gasteiger partial charge >= 0.3 is 0 Å². The number of nitrogens with zero attached hydrogens (tertiary/aromatic N) is 4. The molecule has 1 aromatic carbocycles. The maximum absolute atomic E-state index is 10.5. The minimum Gasteiger partial charge on any atom is -0.495 e. The fourth-order valence-electron chi connectivity index (χ4n) is 4.33. The SMILES string of the molecule is COc1cc(C(O)NC2COC2)ccc1Nc1nc(OC2CCC2)c2c(-c3cnn(C)c3)c[nH]c2n1.